The van der Waals surface area contributed by atoms with Gasteiger partial charge in [0.25, 0.3) is 0 Å². The van der Waals surface area contributed by atoms with Crippen molar-refractivity contribution >= 4 is 13.3 Å². The summed E-state index contributed by atoms with van der Waals surface area (Å²) in [7, 11) is -1.70. The third-order valence-corrected chi connectivity index (χ3v) is 44.3. The summed E-state index contributed by atoms with van der Waals surface area (Å²) in [6.07, 6.45) is 29.2. The maximum atomic E-state index is 2.89. The molecule has 0 radical (unpaired) electrons. The molecule has 1 heterocycles. The van der Waals surface area contributed by atoms with Crippen molar-refractivity contribution in [2.24, 2.45) is 23.7 Å². The fourth-order valence-electron chi connectivity index (χ4n) is 10.3. The molecule has 1 aliphatic heterocycles. The van der Waals surface area contributed by atoms with Crippen LogP contribution < -0.4 is 5.19 Å². The van der Waals surface area contributed by atoms with Crippen LogP contribution in [-0.2, 0) is 20.0 Å². The van der Waals surface area contributed by atoms with Crippen molar-refractivity contribution in [2.45, 2.75) is 85.7 Å². The molecule has 4 aliphatic carbocycles. The quantitative estimate of drug-likeness (QED) is 0.259. The minimum atomic E-state index is -2.80. The first kappa shape index (κ1) is 24.6. The molecule has 1 aromatic carbocycles. The Kier molecular flexibility index (Phi) is 6.93. The molecule has 0 aromatic heterocycles. The van der Waals surface area contributed by atoms with Crippen LogP contribution in [0.5, 0.6) is 0 Å². The van der Waals surface area contributed by atoms with E-state index in [9.17, 15) is 0 Å². The van der Waals surface area contributed by atoms with E-state index in [-0.39, 0.29) is 0 Å². The summed E-state index contributed by atoms with van der Waals surface area (Å²) in [6.45, 7) is 7.82. The third-order valence-electron chi connectivity index (χ3n) is 11.6. The fraction of sp³-hybridized carbons (Fsp3) is 0.576. The van der Waals surface area contributed by atoms with Gasteiger partial charge in [-0.3, -0.25) is 0 Å². The molecule has 5 aliphatic rings. The zero-order valence-electron chi connectivity index (χ0n) is 22.3. The second-order valence-electron chi connectivity index (χ2n) is 12.8. The molecule has 2 heteroatoms. The van der Waals surface area contributed by atoms with Crippen molar-refractivity contribution in [3.8, 4) is 0 Å². The third kappa shape index (κ3) is 3.74. The van der Waals surface area contributed by atoms with Crippen molar-refractivity contribution < 1.29 is 20.0 Å². The van der Waals surface area contributed by atoms with E-state index < -0.39 is 28.0 Å². The van der Waals surface area contributed by atoms with Crippen LogP contribution in [0.1, 0.15) is 52.4 Å². The Morgan fingerprint density at radius 2 is 1.20 bits per heavy atom. The van der Waals surface area contributed by atoms with Gasteiger partial charge in [0.2, 0.25) is 0 Å². The van der Waals surface area contributed by atoms with E-state index in [4.69, 9.17) is 0 Å². The van der Waals surface area contributed by atoms with Crippen LogP contribution in [0.3, 0.4) is 0 Å². The molecule has 2 saturated carbocycles. The summed E-state index contributed by atoms with van der Waals surface area (Å²) in [5, 5.41) is 1.80. The molecular weight excluding hydrogens is 603 g/mol. The van der Waals surface area contributed by atoms with Gasteiger partial charge in [0.15, 0.2) is 0 Å². The van der Waals surface area contributed by atoms with Gasteiger partial charge in [0, 0.05) is 0 Å². The second-order valence-corrected chi connectivity index (χ2v) is 34.7. The number of allylic oxidation sites excluding steroid dienone is 8. The molecule has 0 amide bonds. The molecule has 35 heavy (non-hydrogen) atoms. The van der Waals surface area contributed by atoms with Crippen LogP contribution >= 0.6 is 0 Å². The SMILES string of the molecule is CCC[CH2][Hf]1([CH2]CCC)[CH]2C3C=CC=CC3CC2[Si](C)(c2ccccc2)C2CC3C=CC=CC3[CH]21. The average molecular weight is 649 g/mol. The van der Waals surface area contributed by atoms with E-state index in [2.05, 4.69) is 99.3 Å². The molecule has 186 valence electrons. The summed E-state index contributed by atoms with van der Waals surface area (Å²) in [5.74, 6) is 3.37. The van der Waals surface area contributed by atoms with E-state index in [1.54, 1.807) is 13.5 Å². The van der Waals surface area contributed by atoms with Gasteiger partial charge in [0.1, 0.15) is 0 Å². The molecule has 0 spiro atoms. The Morgan fingerprint density at radius 1 is 0.714 bits per heavy atom. The Hall–Kier alpha value is -0.733. The van der Waals surface area contributed by atoms with Gasteiger partial charge >= 0.3 is 222 Å². The van der Waals surface area contributed by atoms with E-state index in [1.807, 2.05) is 0 Å². The van der Waals surface area contributed by atoms with Gasteiger partial charge in [-0.15, -0.1) is 0 Å². The first-order chi connectivity index (χ1) is 17.1. The summed E-state index contributed by atoms with van der Waals surface area (Å²) in [5.41, 5.74) is 2.02. The summed E-state index contributed by atoms with van der Waals surface area (Å²) < 4.78 is 5.55. The van der Waals surface area contributed by atoms with E-state index in [0.29, 0.717) is 0 Å². The summed E-state index contributed by atoms with van der Waals surface area (Å²) in [4.78, 5) is 0. The Morgan fingerprint density at radius 3 is 1.69 bits per heavy atom. The second kappa shape index (κ2) is 9.86. The number of benzene rings is 1. The number of hydrogen-bond acceptors (Lipinski definition) is 0. The molecule has 1 aromatic rings. The van der Waals surface area contributed by atoms with Crippen LogP contribution in [0.15, 0.2) is 78.9 Å². The number of unbranched alkanes of at least 4 members (excludes halogenated alkanes) is 2. The van der Waals surface area contributed by atoms with Crippen LogP contribution in [0, 0.1) is 23.7 Å². The van der Waals surface area contributed by atoms with Gasteiger partial charge in [0.05, 0.1) is 0 Å². The summed E-state index contributed by atoms with van der Waals surface area (Å²) >= 11 is -2.80. The van der Waals surface area contributed by atoms with E-state index in [0.717, 1.165) is 42.1 Å². The van der Waals surface area contributed by atoms with Crippen molar-refractivity contribution in [3.05, 3.63) is 78.9 Å². The molecule has 1 saturated heterocycles. The van der Waals surface area contributed by atoms with Crippen molar-refractivity contribution in [3.63, 3.8) is 0 Å². The molecule has 0 bridgehead atoms. The first-order valence-electron chi connectivity index (χ1n) is 14.9. The van der Waals surface area contributed by atoms with Gasteiger partial charge in [-0.1, -0.05) is 0 Å². The predicted octanol–water partition coefficient (Wildman–Crippen LogP) is 9.42. The zero-order valence-corrected chi connectivity index (χ0v) is 26.9. The van der Waals surface area contributed by atoms with Gasteiger partial charge in [-0.2, -0.15) is 0 Å². The van der Waals surface area contributed by atoms with E-state index in [1.165, 1.54) is 38.5 Å². The molecule has 0 nitrogen and oxygen atoms in total. The number of rotatable bonds is 7. The topological polar surface area (TPSA) is 0 Å². The number of hydrogen-bond donors (Lipinski definition) is 0. The van der Waals surface area contributed by atoms with Crippen LogP contribution in [0.25, 0.3) is 0 Å². The normalized spacial score (nSPS) is 41.9. The molecule has 3 fully saturated rings. The number of fused-ring (bicyclic) bond motifs is 6. The molecular formula is C33H46HfSi. The van der Waals surface area contributed by atoms with Crippen molar-refractivity contribution in [1.29, 1.82) is 0 Å². The first-order valence-corrected chi connectivity index (χ1v) is 26.8. The Balaban J connectivity index is 1.58. The molecule has 0 N–H and O–H groups in total. The Labute approximate surface area is 220 Å². The van der Waals surface area contributed by atoms with Crippen LogP contribution in [-0.4, -0.2) is 8.07 Å². The Bertz CT molecular complexity index is 959. The van der Waals surface area contributed by atoms with Gasteiger partial charge in [-0.25, -0.2) is 0 Å². The van der Waals surface area contributed by atoms with Crippen LogP contribution in [0.2, 0.25) is 33.3 Å². The average Bonchev–Trinajstić information content (AvgIpc) is 3.50. The van der Waals surface area contributed by atoms with Gasteiger partial charge in [-0.05, 0) is 0 Å². The van der Waals surface area contributed by atoms with Crippen molar-refractivity contribution in [1.82, 2.24) is 0 Å². The fourth-order valence-corrected chi connectivity index (χ4v) is 58.4. The minimum absolute atomic E-state index is 0.824. The van der Waals surface area contributed by atoms with E-state index >= 15 is 0 Å². The van der Waals surface area contributed by atoms with Crippen molar-refractivity contribution in [2.75, 3.05) is 0 Å². The van der Waals surface area contributed by atoms with Crippen LogP contribution in [0.4, 0.5) is 0 Å². The predicted molar refractivity (Wildman–Crippen MR) is 152 cm³/mol. The molecule has 8 atom stereocenters. The summed E-state index contributed by atoms with van der Waals surface area (Å²) in [6, 6.07) is 12.1. The standard InChI is InChI=1S/C25H28Si.2C4H9.Hf/c1-26(23-13-3-2-4-14-23,24-15-19-9-5-6-10-20(19)16-24)25-17-21-11-7-8-12-22(21)18-25;2*1-3-4-2;/h2-15,17,19-22,24-25H,16,18H2,1H3;2*1,3-4H2,2H3;. The van der Waals surface area contributed by atoms with Gasteiger partial charge < -0.3 is 0 Å². The molecule has 6 rings (SSSR count). The zero-order chi connectivity index (χ0) is 24.0. The molecule has 8 unspecified atom stereocenters. The monoisotopic (exact) mass is 650 g/mol. The maximum absolute atomic E-state index is 2.89.